The van der Waals surface area contributed by atoms with Gasteiger partial charge >= 0.3 is 0 Å². The third-order valence-electron chi connectivity index (χ3n) is 2.40. The summed E-state index contributed by atoms with van der Waals surface area (Å²) in [5, 5.41) is 4.01. The molecule has 0 unspecified atom stereocenters. The highest BCUT2D eigenvalue weighted by molar-refractivity contribution is 7.80. The fourth-order valence-electron chi connectivity index (χ4n) is 1.31. The van der Waals surface area contributed by atoms with Crippen LogP contribution in [0, 0.1) is 5.92 Å². The molecule has 0 radical (unpaired) electrons. The van der Waals surface area contributed by atoms with Gasteiger partial charge in [-0.25, -0.2) is 0 Å². The van der Waals surface area contributed by atoms with Gasteiger partial charge in [0.2, 0.25) is 0 Å². The zero-order valence-corrected chi connectivity index (χ0v) is 12.6. The van der Waals surface area contributed by atoms with Crippen molar-refractivity contribution in [2.45, 2.75) is 20.3 Å². The van der Waals surface area contributed by atoms with Crippen LogP contribution >= 0.6 is 23.8 Å². The Kier molecular flexibility index (Phi) is 6.59. The molecule has 0 bridgehead atoms. The minimum absolute atomic E-state index is 0.260. The van der Waals surface area contributed by atoms with Gasteiger partial charge in [-0.2, -0.15) is 0 Å². The summed E-state index contributed by atoms with van der Waals surface area (Å²) in [7, 11) is 0. The molecule has 0 aliphatic heterocycles. The lowest BCUT2D eigenvalue weighted by Crippen LogP contribution is -2.47. The Balaban J connectivity index is 2.30. The number of hydrazine groups is 1. The molecule has 0 atom stereocenters. The van der Waals surface area contributed by atoms with E-state index >= 15 is 0 Å². The molecule has 1 amide bonds. The summed E-state index contributed by atoms with van der Waals surface area (Å²) in [5.74, 6) is 0.351. The van der Waals surface area contributed by atoms with E-state index in [1.54, 1.807) is 24.3 Å². The van der Waals surface area contributed by atoms with Gasteiger partial charge in [0.15, 0.2) is 5.11 Å². The van der Waals surface area contributed by atoms with Crippen LogP contribution in [0.1, 0.15) is 30.6 Å². The molecule has 0 aliphatic rings. The maximum Gasteiger partial charge on any atom is 0.269 e. The molecule has 104 valence electrons. The molecule has 1 rings (SSSR count). The second-order valence-corrected chi connectivity index (χ2v) is 5.37. The maximum absolute atomic E-state index is 11.7. The van der Waals surface area contributed by atoms with Crippen molar-refractivity contribution < 1.29 is 4.79 Å². The van der Waals surface area contributed by atoms with Gasteiger partial charge in [-0.3, -0.25) is 15.6 Å². The number of rotatable bonds is 4. The minimum Gasteiger partial charge on any atom is -0.361 e. The second kappa shape index (κ2) is 7.96. The van der Waals surface area contributed by atoms with Gasteiger partial charge in [0.1, 0.15) is 0 Å². The molecule has 0 aliphatic carbocycles. The van der Waals surface area contributed by atoms with Gasteiger partial charge in [-0.1, -0.05) is 25.4 Å². The zero-order chi connectivity index (χ0) is 14.3. The molecule has 19 heavy (non-hydrogen) atoms. The van der Waals surface area contributed by atoms with Crippen molar-refractivity contribution in [3.05, 3.63) is 34.9 Å². The average Bonchev–Trinajstić information content (AvgIpc) is 2.36. The predicted octanol–water partition coefficient (Wildman–Crippen LogP) is 2.50. The Labute approximate surface area is 123 Å². The number of hydrogen-bond acceptors (Lipinski definition) is 2. The van der Waals surface area contributed by atoms with Crippen LogP contribution in [0.4, 0.5) is 0 Å². The lowest BCUT2D eigenvalue weighted by atomic mass is 10.1. The monoisotopic (exact) mass is 299 g/mol. The van der Waals surface area contributed by atoms with Crippen LogP contribution in [-0.2, 0) is 0 Å². The summed E-state index contributed by atoms with van der Waals surface area (Å²) in [5.41, 5.74) is 5.69. The van der Waals surface area contributed by atoms with E-state index in [0.29, 0.717) is 21.6 Å². The lowest BCUT2D eigenvalue weighted by molar-refractivity contribution is 0.0943. The summed E-state index contributed by atoms with van der Waals surface area (Å²) >= 11 is 10.8. The number of thiocarbonyl (C=S) groups is 1. The van der Waals surface area contributed by atoms with Crippen molar-refractivity contribution in [2.24, 2.45) is 5.92 Å². The summed E-state index contributed by atoms with van der Waals surface area (Å²) in [4.78, 5) is 11.7. The second-order valence-electron chi connectivity index (χ2n) is 4.52. The highest BCUT2D eigenvalue weighted by atomic mass is 35.5. The van der Waals surface area contributed by atoms with E-state index in [-0.39, 0.29) is 5.91 Å². The smallest absolute Gasteiger partial charge is 0.269 e. The summed E-state index contributed by atoms with van der Waals surface area (Å²) in [6, 6.07) is 6.62. The van der Waals surface area contributed by atoms with Crippen molar-refractivity contribution in [1.29, 1.82) is 0 Å². The average molecular weight is 300 g/mol. The predicted molar refractivity (Wildman–Crippen MR) is 82.1 cm³/mol. The van der Waals surface area contributed by atoms with Crippen molar-refractivity contribution >= 4 is 34.8 Å². The molecule has 6 heteroatoms. The molecule has 0 saturated heterocycles. The summed E-state index contributed by atoms with van der Waals surface area (Å²) in [6.07, 6.45) is 1.02. The van der Waals surface area contributed by atoms with E-state index in [0.717, 1.165) is 13.0 Å². The number of halogens is 1. The molecule has 1 aromatic rings. The number of benzene rings is 1. The lowest BCUT2D eigenvalue weighted by Gasteiger charge is -2.12. The van der Waals surface area contributed by atoms with Crippen LogP contribution in [0.25, 0.3) is 0 Å². The van der Waals surface area contributed by atoms with E-state index < -0.39 is 0 Å². The Morgan fingerprint density at radius 2 is 1.89 bits per heavy atom. The van der Waals surface area contributed by atoms with Crippen LogP contribution in [0.2, 0.25) is 5.02 Å². The number of carbonyl (C=O) groups is 1. The van der Waals surface area contributed by atoms with Crippen LogP contribution in [0.3, 0.4) is 0 Å². The Morgan fingerprint density at radius 1 is 1.26 bits per heavy atom. The van der Waals surface area contributed by atoms with E-state index in [4.69, 9.17) is 23.8 Å². The van der Waals surface area contributed by atoms with Crippen molar-refractivity contribution in [3.63, 3.8) is 0 Å². The maximum atomic E-state index is 11.7. The highest BCUT2D eigenvalue weighted by Crippen LogP contribution is 2.08. The first kappa shape index (κ1) is 15.7. The van der Waals surface area contributed by atoms with E-state index in [1.807, 2.05) is 0 Å². The van der Waals surface area contributed by atoms with E-state index in [9.17, 15) is 4.79 Å². The molecule has 0 spiro atoms. The van der Waals surface area contributed by atoms with Crippen LogP contribution in [-0.4, -0.2) is 17.6 Å². The highest BCUT2D eigenvalue weighted by Gasteiger charge is 2.05. The van der Waals surface area contributed by atoms with Gasteiger partial charge in [0.05, 0.1) is 0 Å². The molecule has 0 saturated carbocycles. The number of carbonyl (C=O) groups excluding carboxylic acids is 1. The van der Waals surface area contributed by atoms with Crippen molar-refractivity contribution in [2.75, 3.05) is 6.54 Å². The van der Waals surface area contributed by atoms with Crippen molar-refractivity contribution in [3.8, 4) is 0 Å². The largest absolute Gasteiger partial charge is 0.361 e. The zero-order valence-electron chi connectivity index (χ0n) is 11.0. The first-order valence-electron chi connectivity index (χ1n) is 6.09. The quantitative estimate of drug-likeness (QED) is 0.591. The first-order valence-corrected chi connectivity index (χ1v) is 6.87. The Bertz CT molecular complexity index is 434. The van der Waals surface area contributed by atoms with Gasteiger partial charge in [-0.15, -0.1) is 0 Å². The first-order chi connectivity index (χ1) is 8.99. The molecule has 0 aromatic heterocycles. The Hall–Kier alpha value is -1.33. The van der Waals surface area contributed by atoms with Crippen LogP contribution < -0.4 is 16.2 Å². The number of amides is 1. The van der Waals surface area contributed by atoms with Gasteiger partial charge in [0.25, 0.3) is 5.91 Å². The normalized spacial score (nSPS) is 10.1. The third kappa shape index (κ3) is 6.40. The SMILES string of the molecule is CC(C)CCNC(=S)NNC(=O)c1ccc(Cl)cc1. The topological polar surface area (TPSA) is 53.2 Å². The number of hydrogen-bond donors (Lipinski definition) is 3. The van der Waals surface area contributed by atoms with Crippen LogP contribution in [0.15, 0.2) is 24.3 Å². The third-order valence-corrected chi connectivity index (χ3v) is 2.90. The molecular weight excluding hydrogens is 282 g/mol. The molecule has 0 fully saturated rings. The Morgan fingerprint density at radius 3 is 2.47 bits per heavy atom. The van der Waals surface area contributed by atoms with Crippen LogP contribution in [0.5, 0.6) is 0 Å². The summed E-state index contributed by atoms with van der Waals surface area (Å²) < 4.78 is 0. The van der Waals surface area contributed by atoms with E-state index in [2.05, 4.69) is 30.0 Å². The molecule has 4 nitrogen and oxygen atoms in total. The summed E-state index contributed by atoms with van der Waals surface area (Å²) in [6.45, 7) is 5.06. The van der Waals surface area contributed by atoms with Gasteiger partial charge < -0.3 is 5.32 Å². The number of nitrogens with one attached hydrogen (secondary N) is 3. The molecule has 0 heterocycles. The van der Waals surface area contributed by atoms with Crippen molar-refractivity contribution in [1.82, 2.24) is 16.2 Å². The fraction of sp³-hybridized carbons (Fsp3) is 0.385. The standard InChI is InChI=1S/C13H18ClN3OS/c1-9(2)7-8-15-13(19)17-16-12(18)10-3-5-11(14)6-4-10/h3-6,9H,7-8H2,1-2H3,(H,16,18)(H2,15,17,19). The molecule has 3 N–H and O–H groups in total. The van der Waals surface area contributed by atoms with Gasteiger partial charge in [0, 0.05) is 17.1 Å². The molecule has 1 aromatic carbocycles. The van der Waals surface area contributed by atoms with Gasteiger partial charge in [-0.05, 0) is 48.8 Å². The fourth-order valence-corrected chi connectivity index (χ4v) is 1.58. The minimum atomic E-state index is -0.260. The van der Waals surface area contributed by atoms with E-state index in [1.165, 1.54) is 0 Å². The molecular formula is C13H18ClN3OS.